The molecule has 2 rings (SSSR count). The summed E-state index contributed by atoms with van der Waals surface area (Å²) in [6.45, 7) is 3.87. The molecule has 0 saturated heterocycles. The van der Waals surface area contributed by atoms with Crippen LogP contribution in [0.4, 0.5) is 5.69 Å². The molecule has 17 heavy (non-hydrogen) atoms. The molecule has 0 fully saturated rings. The Morgan fingerprint density at radius 1 is 1.47 bits per heavy atom. The monoisotopic (exact) mass is 228 g/mol. The van der Waals surface area contributed by atoms with Crippen molar-refractivity contribution in [3.63, 3.8) is 0 Å². The minimum absolute atomic E-state index is 0.141. The van der Waals surface area contributed by atoms with Crippen LogP contribution in [0.2, 0.25) is 0 Å². The molecule has 0 N–H and O–H groups in total. The van der Waals surface area contributed by atoms with Crippen LogP contribution in [0.3, 0.4) is 0 Å². The molecule has 0 spiro atoms. The number of rotatable bonds is 2. The van der Waals surface area contributed by atoms with E-state index in [2.05, 4.69) is 15.6 Å². The van der Waals surface area contributed by atoms with Gasteiger partial charge in [0, 0.05) is 19.8 Å². The molecule has 0 aliphatic carbocycles. The largest absolute Gasteiger partial charge is 0.359 e. The maximum atomic E-state index is 8.92. The SMILES string of the molecule is Cc1nc2cc(N(C)C(C)C#N)ccc2n1C. The smallest absolute Gasteiger partial charge is 0.113 e. The quantitative estimate of drug-likeness (QED) is 0.791. The van der Waals surface area contributed by atoms with Gasteiger partial charge in [-0.15, -0.1) is 0 Å². The molecule has 0 radical (unpaired) electrons. The summed E-state index contributed by atoms with van der Waals surface area (Å²) in [5.41, 5.74) is 3.11. The third-order valence-electron chi connectivity index (χ3n) is 3.26. The standard InChI is InChI=1S/C13H16N4/c1-9(8-14)16(3)11-5-6-13-12(7-11)15-10(2)17(13)4/h5-7,9H,1-4H3. The Labute approximate surface area is 101 Å². The van der Waals surface area contributed by atoms with Gasteiger partial charge in [-0.25, -0.2) is 4.98 Å². The number of benzene rings is 1. The first-order chi connectivity index (χ1) is 8.04. The molecule has 0 aliphatic heterocycles. The second-order valence-electron chi connectivity index (χ2n) is 4.31. The lowest BCUT2D eigenvalue weighted by atomic mass is 10.2. The van der Waals surface area contributed by atoms with Gasteiger partial charge in [-0.3, -0.25) is 0 Å². The van der Waals surface area contributed by atoms with Crippen LogP contribution in [-0.4, -0.2) is 22.6 Å². The molecular formula is C13H16N4. The summed E-state index contributed by atoms with van der Waals surface area (Å²) >= 11 is 0. The van der Waals surface area contributed by atoms with Gasteiger partial charge in [0.25, 0.3) is 0 Å². The van der Waals surface area contributed by atoms with Crippen LogP contribution in [0, 0.1) is 18.3 Å². The zero-order chi connectivity index (χ0) is 12.6. The van der Waals surface area contributed by atoms with Gasteiger partial charge in [0.05, 0.1) is 17.1 Å². The summed E-state index contributed by atoms with van der Waals surface area (Å²) in [6, 6.07) is 8.18. The van der Waals surface area contributed by atoms with E-state index in [1.54, 1.807) is 0 Å². The molecule has 1 atom stereocenters. The molecule has 1 aromatic carbocycles. The Morgan fingerprint density at radius 3 is 2.82 bits per heavy atom. The van der Waals surface area contributed by atoms with Crippen LogP contribution < -0.4 is 4.90 Å². The lowest BCUT2D eigenvalue weighted by Crippen LogP contribution is -2.26. The molecule has 4 heteroatoms. The van der Waals surface area contributed by atoms with Gasteiger partial charge < -0.3 is 9.47 Å². The van der Waals surface area contributed by atoms with Crippen molar-refractivity contribution in [2.45, 2.75) is 19.9 Å². The first-order valence-electron chi connectivity index (χ1n) is 5.60. The average molecular weight is 228 g/mol. The van der Waals surface area contributed by atoms with Crippen molar-refractivity contribution >= 4 is 16.7 Å². The average Bonchev–Trinajstić information content (AvgIpc) is 2.62. The van der Waals surface area contributed by atoms with Crippen molar-refractivity contribution in [2.75, 3.05) is 11.9 Å². The van der Waals surface area contributed by atoms with Crippen molar-refractivity contribution in [1.29, 1.82) is 5.26 Å². The molecule has 1 aromatic heterocycles. The fourth-order valence-corrected chi connectivity index (χ4v) is 1.84. The summed E-state index contributed by atoms with van der Waals surface area (Å²) in [5, 5.41) is 8.92. The summed E-state index contributed by atoms with van der Waals surface area (Å²) in [6.07, 6.45) is 0. The molecule has 2 aromatic rings. The number of aryl methyl sites for hydroxylation is 2. The van der Waals surface area contributed by atoms with E-state index < -0.39 is 0 Å². The van der Waals surface area contributed by atoms with Crippen molar-refractivity contribution < 1.29 is 0 Å². The number of imidazole rings is 1. The maximum Gasteiger partial charge on any atom is 0.113 e. The highest BCUT2D eigenvalue weighted by Gasteiger charge is 2.11. The second-order valence-corrected chi connectivity index (χ2v) is 4.31. The Bertz CT molecular complexity index is 591. The minimum Gasteiger partial charge on any atom is -0.359 e. The van der Waals surface area contributed by atoms with Crippen LogP contribution in [-0.2, 0) is 7.05 Å². The molecular weight excluding hydrogens is 212 g/mol. The number of hydrogen-bond donors (Lipinski definition) is 0. The van der Waals surface area contributed by atoms with E-state index in [1.807, 2.05) is 51.0 Å². The maximum absolute atomic E-state index is 8.92. The first kappa shape index (κ1) is 11.5. The molecule has 4 nitrogen and oxygen atoms in total. The molecule has 0 bridgehead atoms. The zero-order valence-electron chi connectivity index (χ0n) is 10.6. The van der Waals surface area contributed by atoms with E-state index in [0.29, 0.717) is 0 Å². The van der Waals surface area contributed by atoms with Crippen molar-refractivity contribution in [1.82, 2.24) is 9.55 Å². The molecule has 0 amide bonds. The van der Waals surface area contributed by atoms with Gasteiger partial charge in [-0.05, 0) is 32.0 Å². The van der Waals surface area contributed by atoms with Crippen LogP contribution in [0.1, 0.15) is 12.7 Å². The van der Waals surface area contributed by atoms with E-state index in [4.69, 9.17) is 5.26 Å². The fourth-order valence-electron chi connectivity index (χ4n) is 1.84. The molecule has 88 valence electrons. The minimum atomic E-state index is -0.141. The zero-order valence-corrected chi connectivity index (χ0v) is 10.6. The molecule has 1 heterocycles. The predicted molar refractivity (Wildman–Crippen MR) is 68.9 cm³/mol. The van der Waals surface area contributed by atoms with E-state index in [0.717, 1.165) is 22.5 Å². The van der Waals surface area contributed by atoms with Crippen LogP contribution >= 0.6 is 0 Å². The lowest BCUT2D eigenvalue weighted by molar-refractivity contribution is 0.836. The summed E-state index contributed by atoms with van der Waals surface area (Å²) in [7, 11) is 3.93. The Hall–Kier alpha value is -2.02. The third kappa shape index (κ3) is 1.84. The number of nitriles is 1. The van der Waals surface area contributed by atoms with Crippen molar-refractivity contribution in [2.24, 2.45) is 7.05 Å². The topological polar surface area (TPSA) is 44.9 Å². The highest BCUT2D eigenvalue weighted by molar-refractivity contribution is 5.80. The van der Waals surface area contributed by atoms with Gasteiger partial charge in [0.2, 0.25) is 0 Å². The Kier molecular flexibility index (Phi) is 2.76. The van der Waals surface area contributed by atoms with Gasteiger partial charge in [-0.2, -0.15) is 5.26 Å². The molecule has 0 saturated carbocycles. The van der Waals surface area contributed by atoms with Gasteiger partial charge >= 0.3 is 0 Å². The fraction of sp³-hybridized carbons (Fsp3) is 0.385. The highest BCUT2D eigenvalue weighted by Crippen LogP contribution is 2.22. The van der Waals surface area contributed by atoms with Crippen LogP contribution in [0.15, 0.2) is 18.2 Å². The van der Waals surface area contributed by atoms with Crippen molar-refractivity contribution in [3.05, 3.63) is 24.0 Å². The van der Waals surface area contributed by atoms with E-state index in [-0.39, 0.29) is 6.04 Å². The second kappa shape index (κ2) is 4.10. The van der Waals surface area contributed by atoms with E-state index >= 15 is 0 Å². The third-order valence-corrected chi connectivity index (χ3v) is 3.26. The number of hydrogen-bond acceptors (Lipinski definition) is 3. The molecule has 1 unspecified atom stereocenters. The Morgan fingerprint density at radius 2 is 2.18 bits per heavy atom. The number of fused-ring (bicyclic) bond motifs is 1. The number of anilines is 1. The lowest BCUT2D eigenvalue weighted by Gasteiger charge is -2.21. The normalized spacial score (nSPS) is 12.4. The van der Waals surface area contributed by atoms with Crippen LogP contribution in [0.25, 0.3) is 11.0 Å². The highest BCUT2D eigenvalue weighted by atomic mass is 15.1. The predicted octanol–water partition coefficient (Wildman–Crippen LogP) is 2.23. The van der Waals surface area contributed by atoms with E-state index in [1.165, 1.54) is 0 Å². The van der Waals surface area contributed by atoms with Gasteiger partial charge in [0.15, 0.2) is 0 Å². The Balaban J connectivity index is 2.49. The summed E-state index contributed by atoms with van der Waals surface area (Å²) in [5.74, 6) is 0.994. The number of nitrogens with zero attached hydrogens (tertiary/aromatic N) is 4. The van der Waals surface area contributed by atoms with Gasteiger partial charge in [-0.1, -0.05) is 0 Å². The summed E-state index contributed by atoms with van der Waals surface area (Å²) < 4.78 is 2.06. The van der Waals surface area contributed by atoms with E-state index in [9.17, 15) is 0 Å². The van der Waals surface area contributed by atoms with Gasteiger partial charge in [0.1, 0.15) is 11.9 Å². The summed E-state index contributed by atoms with van der Waals surface area (Å²) in [4.78, 5) is 6.44. The number of aromatic nitrogens is 2. The van der Waals surface area contributed by atoms with Crippen molar-refractivity contribution in [3.8, 4) is 6.07 Å². The first-order valence-corrected chi connectivity index (χ1v) is 5.60. The molecule has 0 aliphatic rings. The van der Waals surface area contributed by atoms with Crippen LogP contribution in [0.5, 0.6) is 0 Å².